The van der Waals surface area contributed by atoms with Crippen LogP contribution in [0.25, 0.3) is 11.4 Å². The number of sulfonamides is 1. The van der Waals surface area contributed by atoms with E-state index in [0.717, 1.165) is 0 Å². The molecule has 0 saturated carbocycles. The second kappa shape index (κ2) is 4.14. The van der Waals surface area contributed by atoms with Crippen molar-refractivity contribution in [3.8, 4) is 11.4 Å². The first kappa shape index (κ1) is 12.7. The van der Waals surface area contributed by atoms with Crippen molar-refractivity contribution in [2.75, 3.05) is 0 Å². The van der Waals surface area contributed by atoms with Gasteiger partial charge in [0.1, 0.15) is 5.82 Å². The molecule has 1 aromatic heterocycles. The molecule has 0 amide bonds. The first-order valence-electron chi connectivity index (χ1n) is 4.99. The molecule has 0 atom stereocenters. The van der Waals surface area contributed by atoms with E-state index in [2.05, 4.69) is 10.2 Å². The van der Waals surface area contributed by atoms with Crippen LogP contribution in [0.15, 0.2) is 23.4 Å². The Kier molecular flexibility index (Phi) is 2.91. The lowest BCUT2D eigenvalue weighted by Gasteiger charge is -2.05. The van der Waals surface area contributed by atoms with Crippen molar-refractivity contribution in [2.24, 2.45) is 12.2 Å². The summed E-state index contributed by atoms with van der Waals surface area (Å²) < 4.78 is 36.7. The first-order chi connectivity index (χ1) is 8.30. The molecule has 0 spiro atoms. The number of rotatable bonds is 2. The number of aryl methyl sites for hydroxylation is 1. The van der Waals surface area contributed by atoms with Gasteiger partial charge in [-0.25, -0.2) is 17.9 Å². The van der Waals surface area contributed by atoms with Gasteiger partial charge in [0.25, 0.3) is 15.2 Å². The summed E-state index contributed by atoms with van der Waals surface area (Å²) in [5.74, 6) is -0.0541. The molecule has 0 unspecified atom stereocenters. The van der Waals surface area contributed by atoms with Crippen molar-refractivity contribution in [1.82, 2.24) is 14.8 Å². The van der Waals surface area contributed by atoms with E-state index < -0.39 is 10.0 Å². The second-order valence-electron chi connectivity index (χ2n) is 3.87. The van der Waals surface area contributed by atoms with Crippen LogP contribution in [-0.4, -0.2) is 23.2 Å². The summed E-state index contributed by atoms with van der Waals surface area (Å²) in [5, 5.41) is 12.0. The smallest absolute Gasteiger partial charge is 0.273 e. The van der Waals surface area contributed by atoms with Crippen LogP contribution >= 0.6 is 0 Å². The molecule has 0 saturated heterocycles. The lowest BCUT2D eigenvalue weighted by molar-refractivity contribution is 0.580. The monoisotopic (exact) mass is 270 g/mol. The predicted molar refractivity (Wildman–Crippen MR) is 62.5 cm³/mol. The van der Waals surface area contributed by atoms with E-state index in [1.165, 1.54) is 29.8 Å². The minimum absolute atomic E-state index is 0.316. The van der Waals surface area contributed by atoms with Crippen LogP contribution in [0.4, 0.5) is 4.39 Å². The number of hydrogen-bond donors (Lipinski definition) is 1. The number of nitrogens with zero attached hydrogens (tertiary/aromatic N) is 3. The molecule has 6 nitrogen and oxygen atoms in total. The molecule has 2 rings (SSSR count). The van der Waals surface area contributed by atoms with Crippen LogP contribution in [0.2, 0.25) is 0 Å². The normalized spacial score (nSPS) is 11.8. The van der Waals surface area contributed by atoms with Gasteiger partial charge in [0.2, 0.25) is 0 Å². The summed E-state index contributed by atoms with van der Waals surface area (Å²) in [4.78, 5) is 0. The molecule has 2 aromatic rings. The van der Waals surface area contributed by atoms with Crippen molar-refractivity contribution in [1.29, 1.82) is 0 Å². The summed E-state index contributed by atoms with van der Waals surface area (Å²) >= 11 is 0. The van der Waals surface area contributed by atoms with E-state index >= 15 is 0 Å². The van der Waals surface area contributed by atoms with Crippen molar-refractivity contribution in [3.05, 3.63) is 29.6 Å². The molecular weight excluding hydrogens is 259 g/mol. The molecule has 18 heavy (non-hydrogen) atoms. The topological polar surface area (TPSA) is 90.9 Å². The van der Waals surface area contributed by atoms with Crippen LogP contribution in [0.3, 0.4) is 0 Å². The minimum Gasteiger partial charge on any atom is -0.300 e. The number of benzene rings is 1. The number of nitrogens with two attached hydrogens (primary N) is 1. The maximum Gasteiger partial charge on any atom is 0.273 e. The third kappa shape index (κ3) is 2.12. The maximum absolute atomic E-state index is 13.0. The van der Waals surface area contributed by atoms with E-state index in [4.69, 9.17) is 5.14 Å². The Morgan fingerprint density at radius 1 is 1.33 bits per heavy atom. The highest BCUT2D eigenvalue weighted by molar-refractivity contribution is 7.89. The van der Waals surface area contributed by atoms with Crippen molar-refractivity contribution >= 4 is 10.0 Å². The van der Waals surface area contributed by atoms with E-state index in [9.17, 15) is 12.8 Å². The highest BCUT2D eigenvalue weighted by atomic mass is 32.2. The van der Waals surface area contributed by atoms with Gasteiger partial charge in [-0.15, -0.1) is 10.2 Å². The summed E-state index contributed by atoms with van der Waals surface area (Å²) in [6, 6.07) is 4.12. The van der Waals surface area contributed by atoms with Crippen LogP contribution in [0, 0.1) is 12.7 Å². The molecular formula is C10H11FN4O2S. The quantitative estimate of drug-likeness (QED) is 0.864. The number of hydrogen-bond acceptors (Lipinski definition) is 4. The third-order valence-electron chi connectivity index (χ3n) is 2.52. The molecule has 8 heteroatoms. The van der Waals surface area contributed by atoms with Crippen molar-refractivity contribution in [3.63, 3.8) is 0 Å². The Labute approximate surface area is 103 Å². The molecule has 0 aliphatic carbocycles. The van der Waals surface area contributed by atoms with Gasteiger partial charge in [0, 0.05) is 12.6 Å². The third-order valence-corrected chi connectivity index (χ3v) is 3.38. The molecule has 0 bridgehead atoms. The molecule has 0 aliphatic heterocycles. The fourth-order valence-electron chi connectivity index (χ4n) is 1.68. The fraction of sp³-hybridized carbons (Fsp3) is 0.200. The minimum atomic E-state index is -3.93. The van der Waals surface area contributed by atoms with Gasteiger partial charge in [-0.2, -0.15) is 0 Å². The standard InChI is InChI=1S/C10H11FN4O2S/c1-6-5-7(11)3-4-8(6)9-13-14-10(15(9)2)18(12,16)17/h3-5H,1-2H3,(H2,12,16,17). The number of aromatic nitrogens is 3. The lowest BCUT2D eigenvalue weighted by atomic mass is 10.1. The average molecular weight is 270 g/mol. The Balaban J connectivity index is 2.63. The van der Waals surface area contributed by atoms with Gasteiger partial charge in [-0.1, -0.05) is 0 Å². The summed E-state index contributed by atoms with van der Waals surface area (Å²) in [6.07, 6.45) is 0. The van der Waals surface area contributed by atoms with Gasteiger partial charge in [-0.3, -0.25) is 4.57 Å². The lowest BCUT2D eigenvalue weighted by Crippen LogP contribution is -2.17. The highest BCUT2D eigenvalue weighted by Gasteiger charge is 2.20. The van der Waals surface area contributed by atoms with Crippen LogP contribution in [-0.2, 0) is 17.1 Å². The van der Waals surface area contributed by atoms with E-state index in [-0.39, 0.29) is 11.0 Å². The average Bonchev–Trinajstić information content (AvgIpc) is 2.60. The van der Waals surface area contributed by atoms with Crippen LogP contribution < -0.4 is 5.14 Å². The Hall–Kier alpha value is -1.80. The van der Waals surface area contributed by atoms with E-state index in [1.54, 1.807) is 6.92 Å². The van der Waals surface area contributed by atoms with Crippen molar-refractivity contribution in [2.45, 2.75) is 12.1 Å². The van der Waals surface area contributed by atoms with E-state index in [1.807, 2.05) is 0 Å². The molecule has 1 aromatic carbocycles. The highest BCUT2D eigenvalue weighted by Crippen LogP contribution is 2.23. The summed E-state index contributed by atoms with van der Waals surface area (Å²) in [5.41, 5.74) is 1.23. The van der Waals surface area contributed by atoms with Gasteiger partial charge in [-0.05, 0) is 30.7 Å². The molecule has 0 fully saturated rings. The molecule has 2 N–H and O–H groups in total. The summed E-state index contributed by atoms with van der Waals surface area (Å²) in [6.45, 7) is 1.70. The number of halogens is 1. The molecule has 0 aliphatic rings. The van der Waals surface area contributed by atoms with E-state index in [0.29, 0.717) is 17.0 Å². The Morgan fingerprint density at radius 2 is 2.00 bits per heavy atom. The second-order valence-corrected chi connectivity index (χ2v) is 5.32. The Bertz CT molecular complexity index is 709. The predicted octanol–water partition coefficient (Wildman–Crippen LogP) is 0.577. The fourth-order valence-corrected chi connectivity index (χ4v) is 2.30. The SMILES string of the molecule is Cc1cc(F)ccc1-c1nnc(S(N)(=O)=O)n1C. The Morgan fingerprint density at radius 3 is 2.50 bits per heavy atom. The molecule has 1 heterocycles. The van der Waals surface area contributed by atoms with Gasteiger partial charge >= 0.3 is 0 Å². The zero-order chi connectivity index (χ0) is 13.5. The van der Waals surface area contributed by atoms with Gasteiger partial charge < -0.3 is 0 Å². The zero-order valence-corrected chi connectivity index (χ0v) is 10.6. The number of primary sulfonamides is 1. The van der Waals surface area contributed by atoms with Crippen LogP contribution in [0.1, 0.15) is 5.56 Å². The largest absolute Gasteiger partial charge is 0.300 e. The molecule has 0 radical (unpaired) electrons. The zero-order valence-electron chi connectivity index (χ0n) is 9.75. The van der Waals surface area contributed by atoms with Gasteiger partial charge in [0.05, 0.1) is 0 Å². The van der Waals surface area contributed by atoms with Crippen molar-refractivity contribution < 1.29 is 12.8 Å². The summed E-state index contributed by atoms with van der Waals surface area (Å²) in [7, 11) is -2.44. The first-order valence-corrected chi connectivity index (χ1v) is 6.54. The van der Waals surface area contributed by atoms with Crippen LogP contribution in [0.5, 0.6) is 0 Å². The molecule has 96 valence electrons. The van der Waals surface area contributed by atoms with Gasteiger partial charge in [0.15, 0.2) is 5.82 Å². The maximum atomic E-state index is 13.0.